The van der Waals surface area contributed by atoms with Crippen LogP contribution in [0.3, 0.4) is 0 Å². The van der Waals surface area contributed by atoms with E-state index in [4.69, 9.17) is 4.74 Å². The van der Waals surface area contributed by atoms with Crippen LogP contribution in [-0.2, 0) is 14.3 Å². The molecular formula is C12H13NO3. The molecule has 0 bridgehead atoms. The van der Waals surface area contributed by atoms with E-state index in [1.54, 1.807) is 6.92 Å². The molecule has 4 nitrogen and oxygen atoms in total. The van der Waals surface area contributed by atoms with Gasteiger partial charge in [0.05, 0.1) is 19.6 Å². The van der Waals surface area contributed by atoms with Crippen molar-refractivity contribution in [2.45, 2.75) is 13.3 Å². The molecule has 0 atom stereocenters. The molecule has 0 aromatic rings. The average molecular weight is 219 g/mol. The van der Waals surface area contributed by atoms with Gasteiger partial charge in [-0.25, -0.2) is 0 Å². The molecular weight excluding hydrogens is 206 g/mol. The molecule has 84 valence electrons. The Morgan fingerprint density at radius 1 is 1.50 bits per heavy atom. The number of ketones is 1. The van der Waals surface area contributed by atoms with Gasteiger partial charge in [-0.15, -0.1) is 0 Å². The number of ether oxygens (including phenoxy) is 1. The SMILES string of the molecule is CCOC(=O)CC1=C2C=CC=CN2CC1=O. The summed E-state index contributed by atoms with van der Waals surface area (Å²) in [7, 11) is 0. The van der Waals surface area contributed by atoms with Gasteiger partial charge in [0, 0.05) is 17.5 Å². The Balaban J connectivity index is 2.18. The zero-order chi connectivity index (χ0) is 11.5. The molecule has 0 radical (unpaired) electrons. The summed E-state index contributed by atoms with van der Waals surface area (Å²) in [6.07, 6.45) is 7.47. The van der Waals surface area contributed by atoms with E-state index in [1.165, 1.54) is 0 Å². The number of carbonyl (C=O) groups excluding carboxylic acids is 2. The van der Waals surface area contributed by atoms with Crippen LogP contribution in [0.25, 0.3) is 0 Å². The molecule has 0 spiro atoms. The summed E-state index contributed by atoms with van der Waals surface area (Å²) in [4.78, 5) is 24.9. The van der Waals surface area contributed by atoms with Crippen molar-refractivity contribution in [2.75, 3.05) is 13.2 Å². The quantitative estimate of drug-likeness (QED) is 0.668. The summed E-state index contributed by atoms with van der Waals surface area (Å²) in [5, 5.41) is 0. The zero-order valence-electron chi connectivity index (χ0n) is 9.10. The second-order valence-electron chi connectivity index (χ2n) is 3.60. The summed E-state index contributed by atoms with van der Waals surface area (Å²) in [6.45, 7) is 2.42. The summed E-state index contributed by atoms with van der Waals surface area (Å²) in [6, 6.07) is 0. The molecule has 2 aliphatic heterocycles. The van der Waals surface area contributed by atoms with Crippen molar-refractivity contribution >= 4 is 11.8 Å². The minimum atomic E-state index is -0.344. The third-order valence-electron chi connectivity index (χ3n) is 2.53. The lowest BCUT2D eigenvalue weighted by atomic mass is 10.1. The first kappa shape index (κ1) is 10.7. The van der Waals surface area contributed by atoms with Crippen LogP contribution in [0.1, 0.15) is 13.3 Å². The van der Waals surface area contributed by atoms with Gasteiger partial charge in [-0.2, -0.15) is 0 Å². The number of hydrogen-bond acceptors (Lipinski definition) is 4. The van der Waals surface area contributed by atoms with Crippen LogP contribution in [0.2, 0.25) is 0 Å². The summed E-state index contributed by atoms with van der Waals surface area (Å²) in [5.41, 5.74) is 1.37. The van der Waals surface area contributed by atoms with E-state index >= 15 is 0 Å². The number of carbonyl (C=O) groups is 2. The van der Waals surface area contributed by atoms with Crippen molar-refractivity contribution < 1.29 is 14.3 Å². The number of esters is 1. The second kappa shape index (κ2) is 4.35. The lowest BCUT2D eigenvalue weighted by Gasteiger charge is -2.16. The van der Waals surface area contributed by atoms with Crippen LogP contribution < -0.4 is 0 Å². The number of rotatable bonds is 3. The number of hydrogen-bond donors (Lipinski definition) is 0. The molecule has 0 aromatic heterocycles. The number of allylic oxidation sites excluding steroid dienone is 3. The van der Waals surface area contributed by atoms with Gasteiger partial charge < -0.3 is 9.64 Å². The second-order valence-corrected chi connectivity index (χ2v) is 3.60. The van der Waals surface area contributed by atoms with Crippen molar-refractivity contribution in [1.82, 2.24) is 4.90 Å². The van der Waals surface area contributed by atoms with Gasteiger partial charge in [0.15, 0.2) is 5.78 Å². The van der Waals surface area contributed by atoms with Crippen molar-refractivity contribution in [2.24, 2.45) is 0 Å². The van der Waals surface area contributed by atoms with Crippen molar-refractivity contribution in [3.05, 3.63) is 35.7 Å². The molecule has 0 fully saturated rings. The fourth-order valence-corrected chi connectivity index (χ4v) is 1.83. The third kappa shape index (κ3) is 1.91. The van der Waals surface area contributed by atoms with E-state index in [9.17, 15) is 9.59 Å². The molecule has 0 N–H and O–H groups in total. The number of Topliss-reactive ketones (excluding diaryl/α,β-unsaturated/α-hetero) is 1. The van der Waals surface area contributed by atoms with Crippen molar-refractivity contribution in [3.8, 4) is 0 Å². The van der Waals surface area contributed by atoms with Crippen LogP contribution in [0.5, 0.6) is 0 Å². The molecule has 4 heteroatoms. The fraction of sp³-hybridized carbons (Fsp3) is 0.333. The predicted octanol–water partition coefficient (Wildman–Crippen LogP) is 1.16. The maximum absolute atomic E-state index is 11.7. The van der Waals surface area contributed by atoms with Crippen molar-refractivity contribution in [1.29, 1.82) is 0 Å². The van der Waals surface area contributed by atoms with Gasteiger partial charge >= 0.3 is 5.97 Å². The first-order valence-corrected chi connectivity index (χ1v) is 5.26. The van der Waals surface area contributed by atoms with Gasteiger partial charge in [-0.05, 0) is 19.1 Å². The highest BCUT2D eigenvalue weighted by Gasteiger charge is 2.29. The molecule has 16 heavy (non-hydrogen) atoms. The molecule has 0 aliphatic carbocycles. The normalized spacial score (nSPS) is 18.1. The molecule has 2 heterocycles. The highest BCUT2D eigenvalue weighted by atomic mass is 16.5. The van der Waals surface area contributed by atoms with E-state index in [0.717, 1.165) is 5.70 Å². The van der Waals surface area contributed by atoms with Gasteiger partial charge in [-0.1, -0.05) is 6.08 Å². The lowest BCUT2D eigenvalue weighted by molar-refractivity contribution is -0.142. The number of nitrogens with zero attached hydrogens (tertiary/aromatic N) is 1. The Hall–Kier alpha value is -1.84. The molecule has 0 saturated carbocycles. The first-order valence-electron chi connectivity index (χ1n) is 5.26. The Kier molecular flexibility index (Phi) is 2.90. The lowest BCUT2D eigenvalue weighted by Crippen LogP contribution is -2.15. The monoisotopic (exact) mass is 219 g/mol. The van der Waals surface area contributed by atoms with Gasteiger partial charge in [0.1, 0.15) is 0 Å². The number of fused-ring (bicyclic) bond motifs is 1. The predicted molar refractivity (Wildman–Crippen MR) is 58.3 cm³/mol. The summed E-state index contributed by atoms with van der Waals surface area (Å²) in [5.74, 6) is -0.345. The average Bonchev–Trinajstić information content (AvgIpc) is 2.56. The van der Waals surface area contributed by atoms with Gasteiger partial charge in [0.25, 0.3) is 0 Å². The Bertz CT molecular complexity index is 418. The molecule has 0 amide bonds. The van der Waals surface area contributed by atoms with Crippen LogP contribution in [-0.4, -0.2) is 29.8 Å². The van der Waals surface area contributed by atoms with E-state index in [1.807, 2.05) is 29.3 Å². The Labute approximate surface area is 93.9 Å². The van der Waals surface area contributed by atoms with Crippen LogP contribution in [0.4, 0.5) is 0 Å². The van der Waals surface area contributed by atoms with E-state index in [0.29, 0.717) is 18.7 Å². The minimum absolute atomic E-state index is 0.000692. The maximum atomic E-state index is 11.7. The van der Waals surface area contributed by atoms with Crippen molar-refractivity contribution in [3.63, 3.8) is 0 Å². The third-order valence-corrected chi connectivity index (χ3v) is 2.53. The van der Waals surface area contributed by atoms with E-state index < -0.39 is 0 Å². The Morgan fingerprint density at radius 3 is 3.06 bits per heavy atom. The standard InChI is InChI=1S/C12H13NO3/c1-2-16-12(15)7-9-10-5-3-4-6-13(10)8-11(9)14/h3-6H,2,7-8H2,1H3. The van der Waals surface area contributed by atoms with E-state index in [2.05, 4.69) is 0 Å². The van der Waals surface area contributed by atoms with E-state index in [-0.39, 0.29) is 18.2 Å². The molecule has 0 aromatic carbocycles. The molecule has 2 aliphatic rings. The van der Waals surface area contributed by atoms with Crippen LogP contribution >= 0.6 is 0 Å². The summed E-state index contributed by atoms with van der Waals surface area (Å²) >= 11 is 0. The fourth-order valence-electron chi connectivity index (χ4n) is 1.83. The maximum Gasteiger partial charge on any atom is 0.310 e. The summed E-state index contributed by atoms with van der Waals surface area (Å²) < 4.78 is 4.85. The molecule has 0 unspecified atom stereocenters. The smallest absolute Gasteiger partial charge is 0.310 e. The topological polar surface area (TPSA) is 46.6 Å². The molecule has 0 saturated heterocycles. The zero-order valence-corrected chi connectivity index (χ0v) is 9.10. The minimum Gasteiger partial charge on any atom is -0.466 e. The highest BCUT2D eigenvalue weighted by Crippen LogP contribution is 2.26. The Morgan fingerprint density at radius 2 is 2.31 bits per heavy atom. The van der Waals surface area contributed by atoms with Crippen LogP contribution in [0.15, 0.2) is 35.7 Å². The molecule has 2 rings (SSSR count). The van der Waals surface area contributed by atoms with Gasteiger partial charge in [-0.3, -0.25) is 9.59 Å². The first-order chi connectivity index (χ1) is 7.72. The van der Waals surface area contributed by atoms with Crippen LogP contribution in [0, 0.1) is 0 Å². The highest BCUT2D eigenvalue weighted by molar-refractivity contribution is 6.04. The largest absolute Gasteiger partial charge is 0.466 e. The van der Waals surface area contributed by atoms with Gasteiger partial charge in [0.2, 0.25) is 0 Å².